The first kappa shape index (κ1) is 22.3. The molecule has 162 valence electrons. The largest absolute Gasteiger partial charge is 0.386 e. The first-order valence-corrected chi connectivity index (χ1v) is 11.7. The smallest absolute Gasteiger partial charge is 0.255 e. The summed E-state index contributed by atoms with van der Waals surface area (Å²) in [5.41, 5.74) is 2.51. The van der Waals surface area contributed by atoms with Crippen LogP contribution in [0.4, 0.5) is 11.4 Å². The molecule has 30 heavy (non-hydrogen) atoms. The van der Waals surface area contributed by atoms with Gasteiger partial charge < -0.3 is 16.0 Å². The molecule has 1 heterocycles. The van der Waals surface area contributed by atoms with Crippen molar-refractivity contribution in [1.29, 1.82) is 0 Å². The summed E-state index contributed by atoms with van der Waals surface area (Å²) < 4.78 is 28.6. The van der Waals surface area contributed by atoms with Crippen molar-refractivity contribution < 1.29 is 13.2 Å². The number of rotatable bonds is 7. The number of carbonyl (C=O) groups is 1. The molecule has 2 aromatic rings. The average Bonchev–Trinajstić information content (AvgIpc) is 2.74. The second-order valence-corrected chi connectivity index (χ2v) is 9.44. The van der Waals surface area contributed by atoms with E-state index in [4.69, 9.17) is 0 Å². The lowest BCUT2D eigenvalue weighted by atomic mass is 9.92. The molecule has 4 N–H and O–H groups in total. The normalized spacial score (nSPS) is 16.1. The van der Waals surface area contributed by atoms with Crippen LogP contribution in [-0.2, 0) is 10.0 Å². The van der Waals surface area contributed by atoms with Crippen LogP contribution < -0.4 is 20.7 Å². The molecule has 1 unspecified atom stereocenters. The molecule has 0 radical (unpaired) electrons. The minimum atomic E-state index is -3.67. The fourth-order valence-corrected chi connectivity index (χ4v) is 5.12. The lowest BCUT2D eigenvalue weighted by Crippen LogP contribution is -2.42. The highest BCUT2D eigenvalue weighted by molar-refractivity contribution is 7.89. The predicted octanol–water partition coefficient (Wildman–Crippen LogP) is 2.96. The molecule has 7 nitrogen and oxygen atoms in total. The van der Waals surface area contributed by atoms with E-state index in [1.165, 1.54) is 6.07 Å². The molecular formula is C22H30N4O3S. The number of nitrogens with one attached hydrogen (secondary N) is 4. The third kappa shape index (κ3) is 5.19. The van der Waals surface area contributed by atoms with Crippen LogP contribution in [0.15, 0.2) is 47.4 Å². The van der Waals surface area contributed by atoms with Gasteiger partial charge in [-0.3, -0.25) is 4.79 Å². The third-order valence-corrected chi connectivity index (χ3v) is 7.20. The Morgan fingerprint density at radius 1 is 1.10 bits per heavy atom. The summed E-state index contributed by atoms with van der Waals surface area (Å²) >= 11 is 0. The summed E-state index contributed by atoms with van der Waals surface area (Å²) in [6, 6.07) is 11.9. The summed E-state index contributed by atoms with van der Waals surface area (Å²) in [5.74, 6) is 0.0790. The van der Waals surface area contributed by atoms with Crippen molar-refractivity contribution in [2.75, 3.05) is 30.8 Å². The molecular weight excluding hydrogens is 400 g/mol. The number of hydrogen-bond acceptors (Lipinski definition) is 5. The van der Waals surface area contributed by atoms with E-state index >= 15 is 0 Å². The Hall–Kier alpha value is -2.42. The van der Waals surface area contributed by atoms with Crippen molar-refractivity contribution in [3.05, 3.63) is 53.6 Å². The highest BCUT2D eigenvalue weighted by Crippen LogP contribution is 2.27. The van der Waals surface area contributed by atoms with Crippen LogP contribution >= 0.6 is 0 Å². The maximum absolute atomic E-state index is 12.9. The predicted molar refractivity (Wildman–Crippen MR) is 120 cm³/mol. The van der Waals surface area contributed by atoms with Crippen LogP contribution in [0.1, 0.15) is 35.7 Å². The van der Waals surface area contributed by atoms with E-state index in [1.54, 1.807) is 25.2 Å². The topological polar surface area (TPSA) is 99.3 Å². The van der Waals surface area contributed by atoms with Gasteiger partial charge in [-0.05, 0) is 75.5 Å². The molecule has 1 aliphatic heterocycles. The number of hydrogen-bond donors (Lipinski definition) is 4. The van der Waals surface area contributed by atoms with E-state index in [2.05, 4.69) is 20.7 Å². The number of sulfonamides is 1. The molecule has 1 amide bonds. The van der Waals surface area contributed by atoms with Gasteiger partial charge >= 0.3 is 0 Å². The molecule has 8 heteroatoms. The van der Waals surface area contributed by atoms with Crippen molar-refractivity contribution in [3.63, 3.8) is 0 Å². The molecule has 3 rings (SSSR count). The number of amides is 1. The number of benzene rings is 2. The average molecular weight is 431 g/mol. The summed E-state index contributed by atoms with van der Waals surface area (Å²) in [6.45, 7) is 5.62. The Bertz CT molecular complexity index is 1000. The van der Waals surface area contributed by atoms with Crippen molar-refractivity contribution in [3.8, 4) is 0 Å². The monoisotopic (exact) mass is 430 g/mol. The summed E-state index contributed by atoms with van der Waals surface area (Å²) in [4.78, 5) is 12.8. The Balaban J connectivity index is 1.77. The lowest BCUT2D eigenvalue weighted by molar-refractivity contribution is 0.102. The zero-order valence-electron chi connectivity index (χ0n) is 17.7. The molecule has 2 aromatic carbocycles. The van der Waals surface area contributed by atoms with E-state index in [9.17, 15) is 13.2 Å². The second-order valence-electron chi connectivity index (χ2n) is 7.72. The van der Waals surface area contributed by atoms with Gasteiger partial charge in [-0.25, -0.2) is 13.1 Å². The van der Waals surface area contributed by atoms with E-state index in [0.29, 0.717) is 22.9 Å². The Labute approximate surface area is 178 Å². The molecule has 1 atom stereocenters. The Morgan fingerprint density at radius 2 is 1.80 bits per heavy atom. The van der Waals surface area contributed by atoms with Gasteiger partial charge in [0.25, 0.3) is 5.91 Å². The van der Waals surface area contributed by atoms with Gasteiger partial charge in [0.2, 0.25) is 10.0 Å². The molecule has 1 saturated heterocycles. The van der Waals surface area contributed by atoms with Crippen molar-refractivity contribution in [1.82, 2.24) is 10.0 Å². The first-order valence-electron chi connectivity index (χ1n) is 10.2. The number of aryl methyl sites for hydroxylation is 1. The van der Waals surface area contributed by atoms with E-state index < -0.39 is 10.0 Å². The standard InChI is InChI=1S/C22H30N4O3S/c1-15-6-4-5-7-19(15)22(27)25-20-9-8-18(14-21(20)23-3)30(28,29)26-16(2)17-10-12-24-13-11-17/h4-9,14,16-17,23-24,26H,10-13H2,1-3H3,(H,25,27). The highest BCUT2D eigenvalue weighted by Gasteiger charge is 2.25. The summed E-state index contributed by atoms with van der Waals surface area (Å²) in [6.07, 6.45) is 1.91. The zero-order chi connectivity index (χ0) is 21.7. The van der Waals surface area contributed by atoms with Gasteiger partial charge in [-0.1, -0.05) is 18.2 Å². The van der Waals surface area contributed by atoms with Crippen LogP contribution in [0.2, 0.25) is 0 Å². The maximum Gasteiger partial charge on any atom is 0.255 e. The summed E-state index contributed by atoms with van der Waals surface area (Å²) in [7, 11) is -1.97. The van der Waals surface area contributed by atoms with E-state index in [-0.39, 0.29) is 16.8 Å². The van der Waals surface area contributed by atoms with Gasteiger partial charge in [-0.2, -0.15) is 0 Å². The SMILES string of the molecule is CNc1cc(S(=O)(=O)NC(C)C2CCNCC2)ccc1NC(=O)c1ccccc1C. The van der Waals surface area contributed by atoms with Gasteiger partial charge in [0.05, 0.1) is 16.3 Å². The number of piperidine rings is 1. The molecule has 0 bridgehead atoms. The first-order chi connectivity index (χ1) is 14.3. The fourth-order valence-electron chi connectivity index (χ4n) is 3.78. The van der Waals surface area contributed by atoms with Crippen LogP contribution in [0.25, 0.3) is 0 Å². The highest BCUT2D eigenvalue weighted by atomic mass is 32.2. The van der Waals surface area contributed by atoms with Crippen molar-refractivity contribution >= 4 is 27.3 Å². The minimum Gasteiger partial charge on any atom is -0.386 e. The molecule has 0 spiro atoms. The minimum absolute atomic E-state index is 0.143. The van der Waals surface area contributed by atoms with E-state index in [0.717, 1.165) is 31.5 Å². The number of carbonyl (C=O) groups excluding carboxylic acids is 1. The van der Waals surface area contributed by atoms with Crippen LogP contribution in [0.3, 0.4) is 0 Å². The van der Waals surface area contributed by atoms with Crippen LogP contribution in [0.5, 0.6) is 0 Å². The van der Waals surface area contributed by atoms with E-state index in [1.807, 2.05) is 32.0 Å². The molecule has 0 saturated carbocycles. The zero-order valence-corrected chi connectivity index (χ0v) is 18.5. The van der Waals surface area contributed by atoms with Gasteiger partial charge in [0, 0.05) is 18.7 Å². The number of anilines is 2. The quantitative estimate of drug-likeness (QED) is 0.541. The maximum atomic E-state index is 12.9. The molecule has 1 fully saturated rings. The van der Waals surface area contributed by atoms with Gasteiger partial charge in [0.15, 0.2) is 0 Å². The second kappa shape index (κ2) is 9.59. The molecule has 1 aliphatic rings. The fraction of sp³-hybridized carbons (Fsp3) is 0.409. The van der Waals surface area contributed by atoms with Gasteiger partial charge in [-0.15, -0.1) is 0 Å². The summed E-state index contributed by atoms with van der Waals surface area (Å²) in [5, 5.41) is 9.14. The third-order valence-electron chi connectivity index (χ3n) is 5.64. The van der Waals surface area contributed by atoms with Crippen LogP contribution in [0, 0.1) is 12.8 Å². The molecule has 0 aliphatic carbocycles. The van der Waals surface area contributed by atoms with Crippen molar-refractivity contribution in [2.45, 2.75) is 37.6 Å². The lowest BCUT2D eigenvalue weighted by Gasteiger charge is -2.28. The Kier molecular flexibility index (Phi) is 7.12. The molecule has 0 aromatic heterocycles. The van der Waals surface area contributed by atoms with Crippen molar-refractivity contribution in [2.24, 2.45) is 5.92 Å². The van der Waals surface area contributed by atoms with Gasteiger partial charge in [0.1, 0.15) is 0 Å². The van der Waals surface area contributed by atoms with Crippen LogP contribution in [-0.4, -0.2) is 40.5 Å². The Morgan fingerprint density at radius 3 is 2.47 bits per heavy atom.